The van der Waals surface area contributed by atoms with E-state index < -0.39 is 14.3 Å². The van der Waals surface area contributed by atoms with Gasteiger partial charge in [-0.05, 0) is 101 Å². The van der Waals surface area contributed by atoms with Gasteiger partial charge in [-0.15, -0.1) is 0 Å². The van der Waals surface area contributed by atoms with Crippen LogP contribution in [0.5, 0.6) is 11.5 Å². The number of hydrogen-bond acceptors (Lipinski definition) is 4. The second-order valence-corrected chi connectivity index (χ2v) is 31.9. The molecule has 1 aliphatic rings. The topological polar surface area (TPSA) is 52.6 Å². The zero-order valence-electron chi connectivity index (χ0n) is 50.4. The minimum Gasteiger partial charge on any atom is -0.493 e. The standard InChI is InChI=1S/C74H86O4P2/c1-15-37-77-67-51-39-55-47-61(73(9,10)11)49-57(69(55)79(75,63-29-21-17-22-30-63)64-31-23-18-24-32-64)41-53-45-60(72(6,7)8)46-54(68(53)78-38-16-2)42-58-50-62(74(12,13)14)48-56(40-52(67)44-59(43-51)71(3,4)5)70(58)80(76,65-33-25-19-26-34-65)66-35-27-20-28-36-66/h17-36,43-50H,15-16,37-42H2,1-14H3. The van der Waals surface area contributed by atoms with Crippen LogP contribution in [0.1, 0.15) is 177 Å². The van der Waals surface area contributed by atoms with Gasteiger partial charge in [-0.2, -0.15) is 0 Å². The fourth-order valence-electron chi connectivity index (χ4n) is 11.6. The van der Waals surface area contributed by atoms with Gasteiger partial charge >= 0.3 is 0 Å². The predicted octanol–water partition coefficient (Wildman–Crippen LogP) is 16.4. The third-order valence-electron chi connectivity index (χ3n) is 16.0. The van der Waals surface area contributed by atoms with E-state index in [2.05, 4.69) is 194 Å². The lowest BCUT2D eigenvalue weighted by atomic mass is 9.79. The van der Waals surface area contributed by atoms with Gasteiger partial charge in [-0.1, -0.05) is 267 Å². The monoisotopic (exact) mass is 1100 g/mol. The lowest BCUT2D eigenvalue weighted by Gasteiger charge is -2.32. The Morgan fingerprint density at radius 2 is 0.525 bits per heavy atom. The Hall–Kier alpha value is -6.18. The molecule has 1 aliphatic carbocycles. The van der Waals surface area contributed by atoms with Crippen molar-refractivity contribution in [3.63, 3.8) is 0 Å². The Balaban J connectivity index is 1.53. The summed E-state index contributed by atoms with van der Waals surface area (Å²) in [5, 5.41) is 4.94. The van der Waals surface area contributed by atoms with Crippen LogP contribution in [0.4, 0.5) is 0 Å². The lowest BCUT2D eigenvalue weighted by Crippen LogP contribution is -2.32. The third kappa shape index (κ3) is 11.9. The summed E-state index contributed by atoms with van der Waals surface area (Å²) in [6.07, 6.45) is 3.48. The molecule has 416 valence electrons. The van der Waals surface area contributed by atoms with Gasteiger partial charge in [0, 0.05) is 57.5 Å². The number of ether oxygens (including phenoxy) is 2. The van der Waals surface area contributed by atoms with E-state index in [1.807, 2.05) is 72.8 Å². The molecular weight excluding hydrogens is 1010 g/mol. The molecule has 0 aromatic heterocycles. The Bertz CT molecular complexity index is 3160. The van der Waals surface area contributed by atoms with E-state index in [1.165, 1.54) is 22.3 Å². The van der Waals surface area contributed by atoms with Crippen LogP contribution in [-0.4, -0.2) is 13.2 Å². The molecule has 0 aliphatic heterocycles. The first-order valence-electron chi connectivity index (χ1n) is 29.2. The van der Waals surface area contributed by atoms with Crippen molar-refractivity contribution in [2.45, 2.75) is 157 Å². The summed E-state index contributed by atoms with van der Waals surface area (Å²) < 4.78 is 49.6. The van der Waals surface area contributed by atoms with Crippen molar-refractivity contribution in [2.75, 3.05) is 13.2 Å². The second kappa shape index (κ2) is 23.0. The van der Waals surface area contributed by atoms with Crippen LogP contribution in [0, 0.1) is 0 Å². The molecule has 4 nitrogen and oxygen atoms in total. The molecule has 0 unspecified atom stereocenters. The smallest absolute Gasteiger partial charge is 0.171 e. The van der Waals surface area contributed by atoms with E-state index in [-0.39, 0.29) is 21.7 Å². The third-order valence-corrected chi connectivity index (χ3v) is 22.5. The van der Waals surface area contributed by atoms with Crippen molar-refractivity contribution in [1.82, 2.24) is 0 Å². The van der Waals surface area contributed by atoms with Crippen LogP contribution < -0.4 is 41.3 Å². The number of benzene rings is 8. The molecule has 0 fully saturated rings. The summed E-state index contributed by atoms with van der Waals surface area (Å²) in [5.41, 5.74) is 12.0. The zero-order chi connectivity index (χ0) is 57.4. The Labute approximate surface area is 480 Å². The molecule has 8 bridgehead atoms. The van der Waals surface area contributed by atoms with Crippen molar-refractivity contribution in [2.24, 2.45) is 0 Å². The fraction of sp³-hybridized carbons (Fsp3) is 0.351. The van der Waals surface area contributed by atoms with E-state index in [1.54, 1.807) is 0 Å². The minimum absolute atomic E-state index is 0.259. The number of rotatable bonds is 12. The van der Waals surface area contributed by atoms with Gasteiger partial charge in [0.05, 0.1) is 13.2 Å². The first-order valence-corrected chi connectivity index (χ1v) is 32.6. The molecule has 9 rings (SSSR count). The van der Waals surface area contributed by atoms with Crippen molar-refractivity contribution < 1.29 is 18.6 Å². The molecule has 8 aromatic rings. The molecule has 0 N–H and O–H groups in total. The fourth-order valence-corrected chi connectivity index (χ4v) is 17.8. The molecule has 6 heteroatoms. The van der Waals surface area contributed by atoms with Gasteiger partial charge in [0.15, 0.2) is 14.3 Å². The van der Waals surface area contributed by atoms with Crippen molar-refractivity contribution in [3.8, 4) is 11.5 Å². The maximum Gasteiger partial charge on any atom is 0.171 e. The van der Waals surface area contributed by atoms with E-state index in [9.17, 15) is 0 Å². The largest absolute Gasteiger partial charge is 0.493 e. The van der Waals surface area contributed by atoms with E-state index >= 15 is 9.13 Å². The first kappa shape index (κ1) is 58.5. The summed E-state index contributed by atoms with van der Waals surface area (Å²) in [6.45, 7) is 32.8. The van der Waals surface area contributed by atoms with E-state index in [0.29, 0.717) is 38.9 Å². The molecule has 0 saturated heterocycles. The summed E-state index contributed by atoms with van der Waals surface area (Å²) >= 11 is 0. The highest BCUT2D eigenvalue weighted by Gasteiger charge is 2.39. The first-order chi connectivity index (χ1) is 37.8. The van der Waals surface area contributed by atoms with Gasteiger partial charge in [0.2, 0.25) is 0 Å². The molecule has 0 atom stereocenters. The summed E-state index contributed by atoms with van der Waals surface area (Å²) in [6, 6.07) is 59.8. The number of hydrogen-bond donors (Lipinski definition) is 0. The van der Waals surface area contributed by atoms with Crippen LogP contribution in [0.15, 0.2) is 170 Å². The molecule has 0 radical (unpaired) electrons. The molecule has 0 spiro atoms. The zero-order valence-corrected chi connectivity index (χ0v) is 52.1. The van der Waals surface area contributed by atoms with E-state index in [4.69, 9.17) is 9.47 Å². The van der Waals surface area contributed by atoms with Crippen LogP contribution in [0.2, 0.25) is 0 Å². The summed E-state index contributed by atoms with van der Waals surface area (Å²) in [7, 11) is -7.30. The van der Waals surface area contributed by atoms with Crippen molar-refractivity contribution in [1.29, 1.82) is 0 Å². The Kier molecular flexibility index (Phi) is 16.8. The van der Waals surface area contributed by atoms with Gasteiger partial charge < -0.3 is 18.6 Å². The summed E-state index contributed by atoms with van der Waals surface area (Å²) in [4.78, 5) is 0. The molecule has 0 saturated carbocycles. The quantitative estimate of drug-likeness (QED) is 0.114. The van der Waals surface area contributed by atoms with E-state index in [0.717, 1.165) is 101 Å². The maximum absolute atomic E-state index is 17.6. The molecule has 8 aromatic carbocycles. The highest BCUT2D eigenvalue weighted by Crippen LogP contribution is 2.50. The van der Waals surface area contributed by atoms with Crippen LogP contribution in [0.3, 0.4) is 0 Å². The lowest BCUT2D eigenvalue weighted by molar-refractivity contribution is 0.311. The molecule has 0 heterocycles. The minimum atomic E-state index is -3.65. The molecule has 80 heavy (non-hydrogen) atoms. The van der Waals surface area contributed by atoms with Crippen LogP contribution in [0.25, 0.3) is 0 Å². The SMILES string of the molecule is CCCOc1c2cc(C(C)(C)C)cc1Cc1cc(C(C)(C)C)cc(c1P(=O)(c1ccccc1)c1ccccc1)Cc1cc(C(C)(C)C)cc(c1OCCC)Cc1cc(C(C)(C)C)cc(c1P(=O)(c1ccccc1)c1ccccc1)C2. The predicted molar refractivity (Wildman–Crippen MR) is 342 cm³/mol. The average molecular weight is 1100 g/mol. The highest BCUT2D eigenvalue weighted by molar-refractivity contribution is 7.86. The highest BCUT2D eigenvalue weighted by atomic mass is 31.2. The maximum atomic E-state index is 17.6. The van der Waals surface area contributed by atoms with Crippen LogP contribution >= 0.6 is 14.3 Å². The number of fused-ring (bicyclic) bond motifs is 8. The van der Waals surface area contributed by atoms with Gasteiger partial charge in [0.1, 0.15) is 11.5 Å². The normalized spacial score (nSPS) is 13.5. The summed E-state index contributed by atoms with van der Waals surface area (Å²) in [5.74, 6) is 1.68. The Morgan fingerprint density at radius 1 is 0.325 bits per heavy atom. The second-order valence-electron chi connectivity index (χ2n) is 26.5. The molecule has 0 amide bonds. The van der Waals surface area contributed by atoms with Gasteiger partial charge in [0.25, 0.3) is 0 Å². The average Bonchev–Trinajstić information content (AvgIpc) is 3.56. The van der Waals surface area contributed by atoms with Crippen molar-refractivity contribution >= 4 is 46.1 Å². The Morgan fingerprint density at radius 3 is 0.713 bits per heavy atom. The molecular formula is C74H86O4P2. The van der Waals surface area contributed by atoms with Gasteiger partial charge in [-0.25, -0.2) is 0 Å². The van der Waals surface area contributed by atoms with Gasteiger partial charge in [-0.3, -0.25) is 0 Å². The van der Waals surface area contributed by atoms with Crippen molar-refractivity contribution in [3.05, 3.63) is 237 Å². The van der Waals surface area contributed by atoms with Crippen LogP contribution in [-0.2, 0) is 56.5 Å².